The van der Waals surface area contributed by atoms with E-state index in [1.807, 2.05) is 0 Å². The molecule has 1 fully saturated rings. The van der Waals surface area contributed by atoms with Gasteiger partial charge in [-0.25, -0.2) is 9.18 Å². The highest BCUT2D eigenvalue weighted by Crippen LogP contribution is 2.33. The summed E-state index contributed by atoms with van der Waals surface area (Å²) in [7, 11) is 0. The summed E-state index contributed by atoms with van der Waals surface area (Å²) in [6.07, 6.45) is -1.01. The Kier molecular flexibility index (Phi) is 3.84. The van der Waals surface area contributed by atoms with Crippen molar-refractivity contribution in [2.45, 2.75) is 13.0 Å². The molecule has 0 aliphatic carbocycles. The highest BCUT2D eigenvalue weighted by Gasteiger charge is 2.31. The first-order valence-electron chi connectivity index (χ1n) is 6.80. The lowest BCUT2D eigenvalue weighted by atomic mass is 10.1. The SMILES string of the molecule is Cc1c(C(=O)N2CCO[C@@H](C(=O)O)C2)sc2cccc(F)c12. The molecule has 0 saturated carbocycles. The number of thiophene rings is 1. The van der Waals surface area contributed by atoms with Crippen LogP contribution in [0, 0.1) is 12.7 Å². The van der Waals surface area contributed by atoms with Crippen molar-refractivity contribution in [3.63, 3.8) is 0 Å². The van der Waals surface area contributed by atoms with Crippen molar-refractivity contribution in [3.05, 3.63) is 34.5 Å². The molecular weight excluding hydrogens is 309 g/mol. The number of morpholine rings is 1. The second-order valence-corrected chi connectivity index (χ2v) is 6.17. The van der Waals surface area contributed by atoms with Gasteiger partial charge in [0.2, 0.25) is 0 Å². The summed E-state index contributed by atoms with van der Waals surface area (Å²) in [5, 5.41) is 9.46. The zero-order chi connectivity index (χ0) is 15.9. The van der Waals surface area contributed by atoms with Crippen molar-refractivity contribution in [3.8, 4) is 0 Å². The standard InChI is InChI=1S/C15H14FNO4S/c1-8-12-9(16)3-2-4-11(12)22-13(8)14(18)17-5-6-21-10(7-17)15(19)20/h2-4,10H,5-7H2,1H3,(H,19,20)/t10-/m1/s1. The van der Waals surface area contributed by atoms with Crippen LogP contribution in [0.4, 0.5) is 4.39 Å². The molecule has 22 heavy (non-hydrogen) atoms. The normalized spacial score (nSPS) is 18.6. The predicted octanol–water partition coefficient (Wildman–Crippen LogP) is 2.27. The van der Waals surface area contributed by atoms with E-state index in [1.165, 1.54) is 22.3 Å². The van der Waals surface area contributed by atoms with Gasteiger partial charge in [-0.1, -0.05) is 6.07 Å². The summed E-state index contributed by atoms with van der Waals surface area (Å²) in [6.45, 7) is 2.23. The van der Waals surface area contributed by atoms with Crippen LogP contribution in [0.3, 0.4) is 0 Å². The minimum absolute atomic E-state index is 0.00430. The average molecular weight is 323 g/mol. The highest BCUT2D eigenvalue weighted by atomic mass is 32.1. The molecule has 1 aromatic carbocycles. The van der Waals surface area contributed by atoms with Crippen molar-refractivity contribution in [1.29, 1.82) is 0 Å². The topological polar surface area (TPSA) is 66.8 Å². The lowest BCUT2D eigenvalue weighted by Crippen LogP contribution is -2.48. The number of aliphatic carboxylic acids is 1. The molecule has 1 aromatic heterocycles. The molecule has 1 aliphatic rings. The molecule has 116 valence electrons. The molecule has 1 amide bonds. The Morgan fingerprint density at radius 1 is 1.45 bits per heavy atom. The molecule has 3 rings (SSSR count). The number of carbonyl (C=O) groups is 2. The molecular formula is C15H14FNO4S. The van der Waals surface area contributed by atoms with E-state index < -0.39 is 12.1 Å². The Balaban J connectivity index is 1.94. The van der Waals surface area contributed by atoms with E-state index in [1.54, 1.807) is 19.1 Å². The third-order valence-corrected chi connectivity index (χ3v) is 4.97. The maximum absolute atomic E-state index is 13.9. The second kappa shape index (κ2) is 5.66. The molecule has 0 radical (unpaired) electrons. The van der Waals surface area contributed by atoms with Crippen LogP contribution in [0.15, 0.2) is 18.2 Å². The quantitative estimate of drug-likeness (QED) is 0.921. The van der Waals surface area contributed by atoms with Gasteiger partial charge in [-0.05, 0) is 24.6 Å². The van der Waals surface area contributed by atoms with Gasteiger partial charge in [0.05, 0.1) is 18.0 Å². The monoisotopic (exact) mass is 323 g/mol. The number of carbonyl (C=O) groups excluding carboxylic acids is 1. The lowest BCUT2D eigenvalue weighted by Gasteiger charge is -2.30. The van der Waals surface area contributed by atoms with Crippen molar-refractivity contribution in [1.82, 2.24) is 4.90 Å². The predicted molar refractivity (Wildman–Crippen MR) is 79.8 cm³/mol. The van der Waals surface area contributed by atoms with Gasteiger partial charge >= 0.3 is 5.97 Å². The lowest BCUT2D eigenvalue weighted by molar-refractivity contribution is -0.154. The minimum Gasteiger partial charge on any atom is -0.479 e. The van der Waals surface area contributed by atoms with Gasteiger partial charge < -0.3 is 14.7 Å². The molecule has 2 aromatic rings. The zero-order valence-corrected chi connectivity index (χ0v) is 12.7. The van der Waals surface area contributed by atoms with Crippen LogP contribution >= 0.6 is 11.3 Å². The average Bonchev–Trinajstić information content (AvgIpc) is 2.85. The van der Waals surface area contributed by atoms with Gasteiger partial charge in [0.1, 0.15) is 5.82 Å². The molecule has 0 spiro atoms. The highest BCUT2D eigenvalue weighted by molar-refractivity contribution is 7.21. The van der Waals surface area contributed by atoms with Crippen LogP contribution in [0.2, 0.25) is 0 Å². The summed E-state index contributed by atoms with van der Waals surface area (Å²) in [6, 6.07) is 4.74. The van der Waals surface area contributed by atoms with Gasteiger partial charge in [-0.3, -0.25) is 4.79 Å². The number of nitrogens with zero attached hydrogens (tertiary/aromatic N) is 1. The molecule has 1 aliphatic heterocycles. The summed E-state index contributed by atoms with van der Waals surface area (Å²) >= 11 is 1.23. The van der Waals surface area contributed by atoms with Gasteiger partial charge in [-0.2, -0.15) is 0 Å². The van der Waals surface area contributed by atoms with E-state index in [-0.39, 0.29) is 24.9 Å². The summed E-state index contributed by atoms with van der Waals surface area (Å²) in [5.41, 5.74) is 0.599. The van der Waals surface area contributed by atoms with Crippen molar-refractivity contribution in [2.24, 2.45) is 0 Å². The third-order valence-electron chi connectivity index (χ3n) is 3.73. The van der Waals surface area contributed by atoms with Gasteiger partial charge in [0.15, 0.2) is 6.10 Å². The molecule has 0 bridgehead atoms. The number of aryl methyl sites for hydroxylation is 1. The maximum Gasteiger partial charge on any atom is 0.334 e. The van der Waals surface area contributed by atoms with Gasteiger partial charge in [0, 0.05) is 16.6 Å². The smallest absolute Gasteiger partial charge is 0.334 e. The van der Waals surface area contributed by atoms with Crippen molar-refractivity contribution < 1.29 is 23.8 Å². The maximum atomic E-state index is 13.9. The number of hydrogen-bond donors (Lipinski definition) is 1. The summed E-state index contributed by atoms with van der Waals surface area (Å²) in [5.74, 6) is -1.71. The molecule has 5 nitrogen and oxygen atoms in total. The fourth-order valence-electron chi connectivity index (χ4n) is 2.58. The van der Waals surface area contributed by atoms with Crippen LogP contribution in [0.25, 0.3) is 10.1 Å². The van der Waals surface area contributed by atoms with Crippen LogP contribution in [0.1, 0.15) is 15.2 Å². The number of ether oxygens (including phenoxy) is 1. The van der Waals surface area contributed by atoms with E-state index in [0.717, 1.165) is 0 Å². The van der Waals surface area contributed by atoms with E-state index in [4.69, 9.17) is 9.84 Å². The summed E-state index contributed by atoms with van der Waals surface area (Å²) < 4.78 is 19.7. The van der Waals surface area contributed by atoms with Gasteiger partial charge in [-0.15, -0.1) is 11.3 Å². The van der Waals surface area contributed by atoms with Crippen molar-refractivity contribution >= 4 is 33.3 Å². The molecule has 7 heteroatoms. The Bertz CT molecular complexity index is 757. The molecule has 1 saturated heterocycles. The first-order chi connectivity index (χ1) is 10.5. The van der Waals surface area contributed by atoms with Crippen LogP contribution < -0.4 is 0 Å². The van der Waals surface area contributed by atoms with Crippen LogP contribution in [0.5, 0.6) is 0 Å². The number of rotatable bonds is 2. The molecule has 1 atom stereocenters. The molecule has 0 unspecified atom stereocenters. The van der Waals surface area contributed by atoms with Crippen LogP contribution in [-0.2, 0) is 9.53 Å². The molecule has 1 N–H and O–H groups in total. The largest absolute Gasteiger partial charge is 0.479 e. The second-order valence-electron chi connectivity index (χ2n) is 5.12. The number of carboxylic acids is 1. The first-order valence-corrected chi connectivity index (χ1v) is 7.62. The summed E-state index contributed by atoms with van der Waals surface area (Å²) in [4.78, 5) is 25.5. The van der Waals surface area contributed by atoms with Crippen LogP contribution in [-0.4, -0.2) is 47.7 Å². The third kappa shape index (κ3) is 2.46. The number of fused-ring (bicyclic) bond motifs is 1. The van der Waals surface area contributed by atoms with Crippen molar-refractivity contribution in [2.75, 3.05) is 19.7 Å². The van der Waals surface area contributed by atoms with E-state index >= 15 is 0 Å². The van der Waals surface area contributed by atoms with E-state index in [9.17, 15) is 14.0 Å². The number of carboxylic acid groups (broad SMARTS) is 1. The Morgan fingerprint density at radius 2 is 2.23 bits per heavy atom. The van der Waals surface area contributed by atoms with E-state index in [2.05, 4.69) is 0 Å². The minimum atomic E-state index is -1.09. The number of halogens is 1. The van der Waals surface area contributed by atoms with E-state index in [0.29, 0.717) is 27.1 Å². The molecule has 2 heterocycles. The van der Waals surface area contributed by atoms with Gasteiger partial charge in [0.25, 0.3) is 5.91 Å². The fourth-order valence-corrected chi connectivity index (χ4v) is 3.77. The number of benzene rings is 1. The Labute approximate surface area is 129 Å². The number of amides is 1. The first kappa shape index (κ1) is 14.9. The fraction of sp³-hybridized carbons (Fsp3) is 0.333. The zero-order valence-electron chi connectivity index (χ0n) is 11.8. The Morgan fingerprint density at radius 3 is 2.91 bits per heavy atom. The Hall–Kier alpha value is -1.99. The number of hydrogen-bond acceptors (Lipinski definition) is 4.